The second-order valence-corrected chi connectivity index (χ2v) is 7.46. The van der Waals surface area contributed by atoms with E-state index in [1.807, 2.05) is 55.3 Å². The number of aromatic amines is 1. The Morgan fingerprint density at radius 2 is 1.87 bits per heavy atom. The molecule has 3 heterocycles. The summed E-state index contributed by atoms with van der Waals surface area (Å²) < 4.78 is 0. The van der Waals surface area contributed by atoms with Crippen LogP contribution in [0.2, 0.25) is 0 Å². The predicted octanol–water partition coefficient (Wildman–Crippen LogP) is 3.08. The number of nitrogens with one attached hydrogen (secondary N) is 2. The van der Waals surface area contributed by atoms with Gasteiger partial charge in [-0.3, -0.25) is 15.2 Å². The van der Waals surface area contributed by atoms with Crippen molar-refractivity contribution in [1.29, 1.82) is 0 Å². The summed E-state index contributed by atoms with van der Waals surface area (Å²) in [6, 6.07) is 11.5. The van der Waals surface area contributed by atoms with Crippen LogP contribution in [0, 0.1) is 17.0 Å². The zero-order valence-corrected chi connectivity index (χ0v) is 17.4. The van der Waals surface area contributed by atoms with Gasteiger partial charge in [-0.2, -0.15) is 5.10 Å². The Labute approximate surface area is 179 Å². The molecule has 2 aromatic heterocycles. The van der Waals surface area contributed by atoms with E-state index in [0.717, 1.165) is 24.3 Å². The molecular weight excluding hydrogens is 396 g/mol. The van der Waals surface area contributed by atoms with E-state index >= 15 is 0 Å². The van der Waals surface area contributed by atoms with Crippen molar-refractivity contribution in [3.8, 4) is 0 Å². The second-order valence-electron chi connectivity index (χ2n) is 7.46. The van der Waals surface area contributed by atoms with E-state index in [1.165, 1.54) is 0 Å². The quantitative estimate of drug-likeness (QED) is 0.462. The normalized spacial score (nSPS) is 14.8. The van der Waals surface area contributed by atoms with Crippen LogP contribution in [-0.4, -0.2) is 63.2 Å². The van der Waals surface area contributed by atoms with Crippen molar-refractivity contribution in [2.45, 2.75) is 6.92 Å². The fraction of sp³-hybridized carbons (Fsp3) is 0.286. The first kappa shape index (κ1) is 20.5. The van der Waals surface area contributed by atoms with Gasteiger partial charge in [0.1, 0.15) is 0 Å². The molecule has 10 nitrogen and oxygen atoms in total. The van der Waals surface area contributed by atoms with Crippen LogP contribution in [0.25, 0.3) is 12.2 Å². The van der Waals surface area contributed by atoms with Gasteiger partial charge >= 0.3 is 5.69 Å². The van der Waals surface area contributed by atoms with Crippen molar-refractivity contribution in [3.63, 3.8) is 0 Å². The number of hydrogen-bond donors (Lipinski definition) is 2. The Morgan fingerprint density at radius 3 is 2.52 bits per heavy atom. The van der Waals surface area contributed by atoms with Crippen LogP contribution in [0.5, 0.6) is 0 Å². The van der Waals surface area contributed by atoms with E-state index in [-0.39, 0.29) is 11.5 Å². The minimum atomic E-state index is -0.430. The van der Waals surface area contributed by atoms with Gasteiger partial charge in [-0.25, -0.2) is 9.97 Å². The molecule has 0 bridgehead atoms. The van der Waals surface area contributed by atoms with Crippen molar-refractivity contribution in [1.82, 2.24) is 25.1 Å². The first-order chi connectivity index (χ1) is 15.0. The van der Waals surface area contributed by atoms with Crippen molar-refractivity contribution in [3.05, 3.63) is 63.6 Å². The SMILES string of the molecule is Cc1cc(Nc2nc(C=Cc3ccccc3)nc(N3CCN(C)CC3)c2[N+](=O)[O-])n[nH]1. The lowest BCUT2D eigenvalue weighted by Crippen LogP contribution is -2.45. The molecule has 4 rings (SSSR count). The highest BCUT2D eigenvalue weighted by Crippen LogP contribution is 2.35. The van der Waals surface area contributed by atoms with E-state index in [1.54, 1.807) is 12.1 Å². The Kier molecular flexibility index (Phi) is 5.89. The van der Waals surface area contributed by atoms with Gasteiger partial charge in [-0.1, -0.05) is 36.4 Å². The monoisotopic (exact) mass is 420 g/mol. The van der Waals surface area contributed by atoms with E-state index in [4.69, 9.17) is 0 Å². The van der Waals surface area contributed by atoms with Crippen LogP contribution in [0.15, 0.2) is 36.4 Å². The average molecular weight is 420 g/mol. The lowest BCUT2D eigenvalue weighted by Gasteiger charge is -2.33. The minimum absolute atomic E-state index is 0.119. The van der Waals surface area contributed by atoms with Gasteiger partial charge in [-0.05, 0) is 25.6 Å². The van der Waals surface area contributed by atoms with Crippen LogP contribution < -0.4 is 10.2 Å². The molecule has 2 N–H and O–H groups in total. The average Bonchev–Trinajstić information content (AvgIpc) is 3.17. The molecule has 10 heteroatoms. The topological polar surface area (TPSA) is 116 Å². The van der Waals surface area contributed by atoms with Crippen molar-refractivity contribution in [2.24, 2.45) is 0 Å². The highest BCUT2D eigenvalue weighted by molar-refractivity contribution is 5.77. The van der Waals surface area contributed by atoms with Crippen LogP contribution in [0.1, 0.15) is 17.1 Å². The largest absolute Gasteiger partial charge is 0.353 e. The summed E-state index contributed by atoms with van der Waals surface area (Å²) >= 11 is 0. The zero-order valence-electron chi connectivity index (χ0n) is 17.4. The molecule has 0 amide bonds. The molecule has 160 valence electrons. The van der Waals surface area contributed by atoms with Crippen LogP contribution in [0.3, 0.4) is 0 Å². The van der Waals surface area contributed by atoms with Gasteiger partial charge in [0.2, 0.25) is 11.6 Å². The number of aryl methyl sites for hydroxylation is 1. The third kappa shape index (κ3) is 4.86. The molecule has 31 heavy (non-hydrogen) atoms. The highest BCUT2D eigenvalue weighted by Gasteiger charge is 2.30. The van der Waals surface area contributed by atoms with Crippen LogP contribution in [-0.2, 0) is 0 Å². The summed E-state index contributed by atoms with van der Waals surface area (Å²) in [7, 11) is 2.03. The molecule has 1 aliphatic rings. The van der Waals surface area contributed by atoms with E-state index in [2.05, 4.69) is 30.4 Å². The maximum absolute atomic E-state index is 12.0. The van der Waals surface area contributed by atoms with Gasteiger partial charge < -0.3 is 15.1 Å². The number of likely N-dealkylation sites (N-methyl/N-ethyl adjacent to an activating group) is 1. The number of nitrogens with zero attached hydrogens (tertiary/aromatic N) is 6. The Balaban J connectivity index is 1.77. The Bertz CT molecular complexity index is 1090. The maximum atomic E-state index is 12.0. The van der Waals surface area contributed by atoms with Gasteiger partial charge in [0.15, 0.2) is 11.6 Å². The number of piperazine rings is 1. The molecule has 0 radical (unpaired) electrons. The fourth-order valence-corrected chi connectivity index (χ4v) is 3.37. The van der Waals surface area contributed by atoms with Crippen molar-refractivity contribution >= 4 is 35.3 Å². The maximum Gasteiger partial charge on any atom is 0.353 e. The first-order valence-corrected chi connectivity index (χ1v) is 10.0. The smallest absolute Gasteiger partial charge is 0.348 e. The standard InChI is InChI=1S/C21H24N8O2/c1-15-14-18(26-25-15)23-20-19(29(30)31)21(28-12-10-27(2)11-13-28)24-17(22-20)9-8-16-6-4-3-5-7-16/h3-9,14H,10-13H2,1-2H3,(H2,22,23,24,25,26). The van der Waals surface area contributed by atoms with Gasteiger partial charge in [0.25, 0.3) is 0 Å². The van der Waals surface area contributed by atoms with Crippen LogP contribution in [0.4, 0.5) is 23.1 Å². The number of anilines is 3. The number of aromatic nitrogens is 4. The van der Waals surface area contributed by atoms with E-state index in [0.29, 0.717) is 30.5 Å². The molecule has 0 aliphatic carbocycles. The summed E-state index contributed by atoms with van der Waals surface area (Å²) in [6.45, 7) is 4.76. The predicted molar refractivity (Wildman–Crippen MR) is 120 cm³/mol. The van der Waals surface area contributed by atoms with E-state index < -0.39 is 4.92 Å². The number of hydrogen-bond acceptors (Lipinski definition) is 8. The Hall–Kier alpha value is -3.79. The summed E-state index contributed by atoms with van der Waals surface area (Å²) in [5.74, 6) is 1.28. The zero-order chi connectivity index (χ0) is 21.8. The van der Waals surface area contributed by atoms with Gasteiger partial charge in [0.05, 0.1) is 4.92 Å². The molecule has 1 aromatic carbocycles. The third-order valence-electron chi connectivity index (χ3n) is 5.05. The highest BCUT2D eigenvalue weighted by atomic mass is 16.6. The summed E-state index contributed by atoms with van der Waals surface area (Å²) in [5.41, 5.74) is 1.67. The summed E-state index contributed by atoms with van der Waals surface area (Å²) in [5, 5.41) is 22.0. The lowest BCUT2D eigenvalue weighted by molar-refractivity contribution is -0.383. The lowest BCUT2D eigenvalue weighted by atomic mass is 10.2. The molecule has 3 aromatic rings. The Morgan fingerprint density at radius 1 is 1.13 bits per heavy atom. The molecule has 0 atom stereocenters. The van der Waals surface area contributed by atoms with Gasteiger partial charge in [0, 0.05) is 37.9 Å². The van der Waals surface area contributed by atoms with Gasteiger partial charge in [-0.15, -0.1) is 0 Å². The van der Waals surface area contributed by atoms with E-state index in [9.17, 15) is 10.1 Å². The van der Waals surface area contributed by atoms with Crippen molar-refractivity contribution < 1.29 is 4.92 Å². The number of H-pyrrole nitrogens is 1. The molecule has 1 fully saturated rings. The third-order valence-corrected chi connectivity index (χ3v) is 5.05. The molecular formula is C21H24N8O2. The minimum Gasteiger partial charge on any atom is -0.348 e. The first-order valence-electron chi connectivity index (χ1n) is 10.0. The molecule has 1 saturated heterocycles. The molecule has 1 aliphatic heterocycles. The second kappa shape index (κ2) is 8.92. The summed E-state index contributed by atoms with van der Waals surface area (Å²) in [4.78, 5) is 24.7. The van der Waals surface area contributed by atoms with Crippen molar-refractivity contribution in [2.75, 3.05) is 43.4 Å². The number of nitro groups is 1. The number of benzene rings is 1. The molecule has 0 saturated carbocycles. The summed E-state index contributed by atoms with van der Waals surface area (Å²) in [6.07, 6.45) is 3.65. The molecule has 0 unspecified atom stereocenters. The number of rotatable bonds is 6. The molecule has 0 spiro atoms. The fourth-order valence-electron chi connectivity index (χ4n) is 3.37. The van der Waals surface area contributed by atoms with Crippen LogP contribution >= 0.6 is 0 Å².